The Bertz CT molecular complexity index is 1210. The number of carbonyl (C=O) groups excluding carboxylic acids is 1. The fourth-order valence-corrected chi connectivity index (χ4v) is 5.00. The summed E-state index contributed by atoms with van der Waals surface area (Å²) in [6, 6.07) is 24.9. The lowest BCUT2D eigenvalue weighted by Crippen LogP contribution is -2.39. The molecule has 1 aliphatic heterocycles. The van der Waals surface area contributed by atoms with Gasteiger partial charge >= 0.3 is 0 Å². The Balaban J connectivity index is 1.37. The van der Waals surface area contributed by atoms with Crippen LogP contribution in [0, 0.1) is 0 Å². The largest absolute Gasteiger partial charge is 0.457 e. The number of hydrogen-bond acceptors (Lipinski definition) is 6. The molecular weight excluding hydrogens is 446 g/mol. The van der Waals surface area contributed by atoms with Crippen LogP contribution in [0.1, 0.15) is 16.8 Å². The molecule has 0 N–H and O–H groups in total. The number of amides is 1. The maximum Gasteiger partial charge on any atom is 0.260 e. The standard InChI is InChI=1S/C27H27N3O3S/c31-26(21-8-6-11-23(20-21)33-22-9-2-1-3-10-22)30(15-7-14-29-16-18-32-19-17-29)27-28-24-12-4-5-13-25(24)34-27/h1-6,8-13,20H,7,14-19H2. The number of ether oxygens (including phenoxy) is 2. The summed E-state index contributed by atoms with van der Waals surface area (Å²) in [7, 11) is 0. The van der Waals surface area contributed by atoms with Gasteiger partial charge in [-0.15, -0.1) is 0 Å². The Morgan fingerprint density at radius 3 is 2.56 bits per heavy atom. The van der Waals surface area contributed by atoms with E-state index in [4.69, 9.17) is 14.5 Å². The van der Waals surface area contributed by atoms with Gasteiger partial charge in [-0.1, -0.05) is 47.7 Å². The van der Waals surface area contributed by atoms with Crippen molar-refractivity contribution in [3.63, 3.8) is 0 Å². The predicted octanol–water partition coefficient (Wildman–Crippen LogP) is 5.46. The molecular formula is C27H27N3O3S. The van der Waals surface area contributed by atoms with Crippen LogP contribution in [0.5, 0.6) is 11.5 Å². The summed E-state index contributed by atoms with van der Waals surface area (Å²) < 4.78 is 12.5. The van der Waals surface area contributed by atoms with Crippen LogP contribution < -0.4 is 9.64 Å². The fourth-order valence-electron chi connectivity index (χ4n) is 4.01. The second-order valence-corrected chi connectivity index (χ2v) is 9.18. The van der Waals surface area contributed by atoms with Crippen molar-refractivity contribution in [2.75, 3.05) is 44.3 Å². The summed E-state index contributed by atoms with van der Waals surface area (Å²) in [5.74, 6) is 1.30. The second-order valence-electron chi connectivity index (χ2n) is 8.17. The van der Waals surface area contributed by atoms with E-state index in [-0.39, 0.29) is 5.91 Å². The number of hydrogen-bond donors (Lipinski definition) is 0. The van der Waals surface area contributed by atoms with Crippen molar-refractivity contribution < 1.29 is 14.3 Å². The van der Waals surface area contributed by atoms with E-state index in [0.29, 0.717) is 17.9 Å². The number of benzene rings is 3. The van der Waals surface area contributed by atoms with Crippen LogP contribution in [0.15, 0.2) is 78.9 Å². The zero-order valence-corrected chi connectivity index (χ0v) is 19.7. The van der Waals surface area contributed by atoms with E-state index in [2.05, 4.69) is 4.90 Å². The van der Waals surface area contributed by atoms with Crippen molar-refractivity contribution in [1.82, 2.24) is 9.88 Å². The highest BCUT2D eigenvalue weighted by Gasteiger charge is 2.22. The Labute approximate surface area is 203 Å². The van der Waals surface area contributed by atoms with Crippen molar-refractivity contribution in [2.45, 2.75) is 6.42 Å². The highest BCUT2D eigenvalue weighted by atomic mass is 32.1. The van der Waals surface area contributed by atoms with Crippen LogP contribution in [0.25, 0.3) is 10.2 Å². The molecule has 0 radical (unpaired) electrons. The van der Waals surface area contributed by atoms with Crippen LogP contribution >= 0.6 is 11.3 Å². The van der Waals surface area contributed by atoms with Crippen LogP contribution in [-0.2, 0) is 4.74 Å². The van der Waals surface area contributed by atoms with Gasteiger partial charge in [-0.3, -0.25) is 14.6 Å². The minimum Gasteiger partial charge on any atom is -0.457 e. The number of aromatic nitrogens is 1. The van der Waals surface area contributed by atoms with Crippen LogP contribution in [-0.4, -0.2) is 55.2 Å². The molecule has 1 amide bonds. The normalized spacial score (nSPS) is 14.2. The van der Waals surface area contributed by atoms with Gasteiger partial charge in [0.15, 0.2) is 5.13 Å². The average molecular weight is 474 g/mol. The van der Waals surface area contributed by atoms with Gasteiger partial charge in [0.2, 0.25) is 0 Å². The van der Waals surface area contributed by atoms with Crippen molar-refractivity contribution in [1.29, 1.82) is 0 Å². The molecule has 7 heteroatoms. The third-order valence-corrected chi connectivity index (χ3v) is 6.84. The smallest absolute Gasteiger partial charge is 0.260 e. The van der Waals surface area contributed by atoms with Gasteiger partial charge in [0.25, 0.3) is 5.91 Å². The van der Waals surface area contributed by atoms with Gasteiger partial charge in [-0.25, -0.2) is 4.98 Å². The molecule has 0 unspecified atom stereocenters. The minimum atomic E-state index is -0.0699. The maximum absolute atomic E-state index is 13.7. The van der Waals surface area contributed by atoms with Crippen molar-refractivity contribution in [3.8, 4) is 11.5 Å². The first-order valence-electron chi connectivity index (χ1n) is 11.6. The van der Waals surface area contributed by atoms with Gasteiger partial charge in [-0.2, -0.15) is 0 Å². The second kappa shape index (κ2) is 10.8. The van der Waals surface area contributed by atoms with E-state index in [1.807, 2.05) is 77.7 Å². The summed E-state index contributed by atoms with van der Waals surface area (Å²) >= 11 is 1.55. The van der Waals surface area contributed by atoms with Gasteiger partial charge in [0.05, 0.1) is 23.4 Å². The third-order valence-electron chi connectivity index (χ3n) is 5.78. The Morgan fingerprint density at radius 2 is 1.74 bits per heavy atom. The SMILES string of the molecule is O=C(c1cccc(Oc2ccccc2)c1)N(CCCN1CCOCC1)c1nc2ccccc2s1. The number of rotatable bonds is 8. The molecule has 6 nitrogen and oxygen atoms in total. The molecule has 5 rings (SSSR count). The maximum atomic E-state index is 13.7. The minimum absolute atomic E-state index is 0.0699. The Morgan fingerprint density at radius 1 is 0.971 bits per heavy atom. The first kappa shape index (κ1) is 22.5. The van der Waals surface area contributed by atoms with Gasteiger partial charge in [0, 0.05) is 31.7 Å². The lowest BCUT2D eigenvalue weighted by atomic mass is 10.2. The fraction of sp³-hybridized carbons (Fsp3) is 0.259. The topological polar surface area (TPSA) is 54.9 Å². The van der Waals surface area contributed by atoms with E-state index < -0.39 is 0 Å². The summed E-state index contributed by atoms with van der Waals surface area (Å²) in [6.07, 6.45) is 0.863. The summed E-state index contributed by atoms with van der Waals surface area (Å²) in [6.45, 7) is 4.94. The Kier molecular flexibility index (Phi) is 7.14. The van der Waals surface area contributed by atoms with E-state index in [9.17, 15) is 4.79 Å². The number of anilines is 1. The summed E-state index contributed by atoms with van der Waals surface area (Å²) in [4.78, 5) is 22.7. The number of fused-ring (bicyclic) bond motifs is 1. The van der Waals surface area contributed by atoms with Gasteiger partial charge in [-0.05, 0) is 48.9 Å². The lowest BCUT2D eigenvalue weighted by Gasteiger charge is -2.27. The van der Waals surface area contributed by atoms with Crippen LogP contribution in [0.2, 0.25) is 0 Å². The predicted molar refractivity (Wildman–Crippen MR) is 136 cm³/mol. The van der Waals surface area contributed by atoms with E-state index in [1.54, 1.807) is 17.4 Å². The van der Waals surface area contributed by atoms with Gasteiger partial charge < -0.3 is 9.47 Å². The first-order chi connectivity index (χ1) is 16.8. The summed E-state index contributed by atoms with van der Waals surface area (Å²) in [5.41, 5.74) is 1.49. The first-order valence-corrected chi connectivity index (χ1v) is 12.4. The quantitative estimate of drug-likeness (QED) is 0.340. The molecule has 1 aromatic heterocycles. The molecule has 2 heterocycles. The van der Waals surface area contributed by atoms with Crippen molar-refractivity contribution in [2.24, 2.45) is 0 Å². The zero-order chi connectivity index (χ0) is 23.2. The number of carbonyl (C=O) groups is 1. The molecule has 1 saturated heterocycles. The zero-order valence-electron chi connectivity index (χ0n) is 18.9. The number of thiazole rings is 1. The molecule has 1 fully saturated rings. The Hall–Kier alpha value is -3.26. The van der Waals surface area contributed by atoms with Crippen molar-refractivity contribution >= 4 is 32.6 Å². The van der Waals surface area contributed by atoms with Crippen LogP contribution in [0.3, 0.4) is 0 Å². The molecule has 174 valence electrons. The molecule has 1 aliphatic rings. The highest BCUT2D eigenvalue weighted by Crippen LogP contribution is 2.30. The highest BCUT2D eigenvalue weighted by molar-refractivity contribution is 7.22. The molecule has 0 atom stereocenters. The molecule has 34 heavy (non-hydrogen) atoms. The van der Waals surface area contributed by atoms with Crippen LogP contribution in [0.4, 0.5) is 5.13 Å². The average Bonchev–Trinajstić information content (AvgIpc) is 3.32. The lowest BCUT2D eigenvalue weighted by molar-refractivity contribution is 0.0376. The molecule has 0 saturated carbocycles. The van der Waals surface area contributed by atoms with E-state index in [0.717, 1.165) is 60.4 Å². The van der Waals surface area contributed by atoms with Crippen molar-refractivity contribution in [3.05, 3.63) is 84.4 Å². The number of morpholine rings is 1. The molecule has 0 spiro atoms. The van der Waals surface area contributed by atoms with E-state index in [1.165, 1.54) is 0 Å². The molecule has 0 bridgehead atoms. The molecule has 0 aliphatic carbocycles. The summed E-state index contributed by atoms with van der Waals surface area (Å²) in [5, 5.41) is 0.725. The third kappa shape index (κ3) is 5.44. The number of nitrogens with zero attached hydrogens (tertiary/aromatic N) is 3. The molecule has 4 aromatic rings. The van der Waals surface area contributed by atoms with E-state index >= 15 is 0 Å². The monoisotopic (exact) mass is 473 g/mol. The molecule has 3 aromatic carbocycles. The van der Waals surface area contributed by atoms with Gasteiger partial charge in [0.1, 0.15) is 11.5 Å². The number of para-hydroxylation sites is 2.